The molecule has 13 heteroatoms. The standard InChI is InChI=1S/C19H22F3N3O6S/c1-17(2,3)31-16(26)23-15-24-18(10-29-7-6-11(18)9-32-15)13-8-12(25(27)28)4-5-14(13)30-19(20,21)22/h4-5,8,11H,6-7,9-10H2,1-3H3,(H,23,24,26). The maximum Gasteiger partial charge on any atom is 0.573 e. The molecule has 2 aliphatic heterocycles. The van der Waals surface area contributed by atoms with Crippen LogP contribution in [0.15, 0.2) is 23.2 Å². The number of alkyl carbamates (subject to hydrolysis) is 1. The molecular weight excluding hydrogens is 455 g/mol. The minimum Gasteiger partial charge on any atom is -0.444 e. The number of amides is 1. The van der Waals surface area contributed by atoms with Crippen LogP contribution in [0.2, 0.25) is 0 Å². The molecular formula is C19H22F3N3O6S. The monoisotopic (exact) mass is 477 g/mol. The molecule has 1 N–H and O–H groups in total. The SMILES string of the molecule is CC(C)(C)OC(=O)NC1=NC2(c3cc([N+](=O)[O-])ccc3OC(F)(F)F)COCCC2CS1. The molecule has 2 atom stereocenters. The third-order valence-electron chi connectivity index (χ3n) is 4.80. The van der Waals surface area contributed by atoms with Gasteiger partial charge in [0.1, 0.15) is 16.9 Å². The summed E-state index contributed by atoms with van der Waals surface area (Å²) >= 11 is 1.21. The van der Waals surface area contributed by atoms with E-state index in [1.165, 1.54) is 11.8 Å². The van der Waals surface area contributed by atoms with Gasteiger partial charge in [0.25, 0.3) is 5.69 Å². The zero-order valence-corrected chi connectivity index (χ0v) is 18.3. The Morgan fingerprint density at radius 2 is 2.09 bits per heavy atom. The number of nitrogens with one attached hydrogen (secondary N) is 1. The minimum atomic E-state index is -5.02. The lowest BCUT2D eigenvalue weighted by molar-refractivity contribution is -0.385. The molecule has 1 fully saturated rings. The highest BCUT2D eigenvalue weighted by atomic mass is 32.2. The van der Waals surface area contributed by atoms with E-state index < -0.39 is 40.0 Å². The molecule has 2 unspecified atom stereocenters. The van der Waals surface area contributed by atoms with Gasteiger partial charge in [-0.1, -0.05) is 11.8 Å². The molecule has 32 heavy (non-hydrogen) atoms. The highest BCUT2D eigenvalue weighted by Crippen LogP contribution is 2.49. The van der Waals surface area contributed by atoms with Crippen molar-refractivity contribution < 1.29 is 37.1 Å². The second-order valence-corrected chi connectivity index (χ2v) is 9.31. The van der Waals surface area contributed by atoms with Crippen molar-refractivity contribution in [1.82, 2.24) is 5.32 Å². The van der Waals surface area contributed by atoms with Gasteiger partial charge in [0, 0.05) is 36.0 Å². The molecule has 2 heterocycles. The van der Waals surface area contributed by atoms with Crippen molar-refractivity contribution >= 4 is 28.7 Å². The first-order chi connectivity index (χ1) is 14.8. The number of ether oxygens (including phenoxy) is 3. The molecule has 1 saturated heterocycles. The zero-order valence-electron chi connectivity index (χ0n) is 17.5. The number of alkyl halides is 3. The molecule has 3 rings (SSSR count). The summed E-state index contributed by atoms with van der Waals surface area (Å²) in [5.74, 6) is -0.513. The Bertz CT molecular complexity index is 934. The van der Waals surface area contributed by atoms with Crippen LogP contribution < -0.4 is 10.1 Å². The van der Waals surface area contributed by atoms with Crippen LogP contribution in [0.25, 0.3) is 0 Å². The largest absolute Gasteiger partial charge is 0.573 e. The molecule has 1 aromatic rings. The van der Waals surface area contributed by atoms with Crippen molar-refractivity contribution in [3.05, 3.63) is 33.9 Å². The van der Waals surface area contributed by atoms with Crippen molar-refractivity contribution in [3.63, 3.8) is 0 Å². The van der Waals surface area contributed by atoms with E-state index in [1.807, 2.05) is 0 Å². The summed E-state index contributed by atoms with van der Waals surface area (Å²) in [6.45, 7) is 5.27. The Morgan fingerprint density at radius 3 is 2.72 bits per heavy atom. The Kier molecular flexibility index (Phi) is 6.61. The fraction of sp³-hybridized carbons (Fsp3) is 0.579. The fourth-order valence-electron chi connectivity index (χ4n) is 3.54. The van der Waals surface area contributed by atoms with Gasteiger partial charge in [-0.15, -0.1) is 13.2 Å². The number of non-ortho nitro benzene ring substituents is 1. The molecule has 0 aromatic heterocycles. The van der Waals surface area contributed by atoms with Crippen LogP contribution >= 0.6 is 11.8 Å². The van der Waals surface area contributed by atoms with E-state index in [4.69, 9.17) is 9.47 Å². The second kappa shape index (κ2) is 8.77. The molecule has 0 bridgehead atoms. The number of carbonyl (C=O) groups is 1. The number of fused-ring (bicyclic) bond motifs is 1. The summed E-state index contributed by atoms with van der Waals surface area (Å²) < 4.78 is 54.2. The molecule has 1 amide bonds. The highest BCUT2D eigenvalue weighted by molar-refractivity contribution is 8.13. The summed E-state index contributed by atoms with van der Waals surface area (Å²) in [6, 6.07) is 2.86. The van der Waals surface area contributed by atoms with E-state index in [0.29, 0.717) is 18.8 Å². The number of aliphatic imine (C=N–C) groups is 1. The Morgan fingerprint density at radius 1 is 1.38 bits per heavy atom. The van der Waals surface area contributed by atoms with E-state index in [9.17, 15) is 28.1 Å². The van der Waals surface area contributed by atoms with Crippen molar-refractivity contribution in [3.8, 4) is 5.75 Å². The molecule has 0 spiro atoms. The number of hydrogen-bond acceptors (Lipinski definition) is 8. The fourth-order valence-corrected chi connectivity index (χ4v) is 4.73. The van der Waals surface area contributed by atoms with Gasteiger partial charge in [-0.05, 0) is 33.3 Å². The van der Waals surface area contributed by atoms with E-state index >= 15 is 0 Å². The average Bonchev–Trinajstić information content (AvgIpc) is 2.65. The lowest BCUT2D eigenvalue weighted by Gasteiger charge is -2.44. The minimum absolute atomic E-state index is 0.116. The van der Waals surface area contributed by atoms with Crippen LogP contribution in [0, 0.1) is 16.0 Å². The predicted octanol–water partition coefficient (Wildman–Crippen LogP) is 4.35. The normalized spacial score (nSPS) is 23.6. The number of rotatable bonds is 3. The first kappa shape index (κ1) is 24.1. The number of amidine groups is 1. The smallest absolute Gasteiger partial charge is 0.444 e. The second-order valence-electron chi connectivity index (χ2n) is 8.30. The summed E-state index contributed by atoms with van der Waals surface area (Å²) in [7, 11) is 0. The van der Waals surface area contributed by atoms with Crippen LogP contribution in [0.1, 0.15) is 32.8 Å². The summed E-state index contributed by atoms with van der Waals surface area (Å²) in [6.07, 6.45) is -5.33. The number of nitro groups is 1. The molecule has 176 valence electrons. The number of benzene rings is 1. The van der Waals surface area contributed by atoms with Crippen molar-refractivity contribution in [2.24, 2.45) is 10.9 Å². The van der Waals surface area contributed by atoms with Crippen LogP contribution in [-0.4, -0.2) is 47.1 Å². The van der Waals surface area contributed by atoms with E-state index in [0.717, 1.165) is 18.2 Å². The molecule has 9 nitrogen and oxygen atoms in total. The number of nitro benzene ring substituents is 1. The van der Waals surface area contributed by atoms with Gasteiger partial charge in [-0.25, -0.2) is 9.79 Å². The van der Waals surface area contributed by atoms with Crippen molar-refractivity contribution in [2.75, 3.05) is 19.0 Å². The number of nitrogens with zero attached hydrogens (tertiary/aromatic N) is 2. The van der Waals surface area contributed by atoms with Gasteiger partial charge in [-0.2, -0.15) is 0 Å². The first-order valence-corrected chi connectivity index (χ1v) is 10.6. The number of thioether (sulfide) groups is 1. The van der Waals surface area contributed by atoms with Crippen LogP contribution in [-0.2, 0) is 15.0 Å². The number of carbonyl (C=O) groups excluding carboxylic acids is 1. The van der Waals surface area contributed by atoms with Gasteiger partial charge in [0.05, 0.1) is 11.5 Å². The highest BCUT2D eigenvalue weighted by Gasteiger charge is 2.49. The molecule has 0 aliphatic carbocycles. The third-order valence-corrected chi connectivity index (χ3v) is 5.84. The van der Waals surface area contributed by atoms with Crippen molar-refractivity contribution in [1.29, 1.82) is 0 Å². The molecule has 0 radical (unpaired) electrons. The van der Waals surface area contributed by atoms with Crippen LogP contribution in [0.5, 0.6) is 5.75 Å². The summed E-state index contributed by atoms with van der Waals surface area (Å²) in [5.41, 5.74) is -2.73. The average molecular weight is 477 g/mol. The lowest BCUT2D eigenvalue weighted by atomic mass is 9.76. The van der Waals surface area contributed by atoms with E-state index in [2.05, 4.69) is 15.0 Å². The Hall–Kier alpha value is -2.54. The van der Waals surface area contributed by atoms with E-state index in [1.54, 1.807) is 20.8 Å². The zero-order chi connectivity index (χ0) is 23.7. The maximum atomic E-state index is 13.1. The Labute approximate surface area is 185 Å². The number of halogens is 3. The van der Waals surface area contributed by atoms with Crippen molar-refractivity contribution in [2.45, 2.75) is 44.7 Å². The lowest BCUT2D eigenvalue weighted by Crippen LogP contribution is -2.49. The number of hydrogen-bond donors (Lipinski definition) is 1. The first-order valence-electron chi connectivity index (χ1n) is 9.64. The quantitative estimate of drug-likeness (QED) is 0.509. The Balaban J connectivity index is 2.09. The topological polar surface area (TPSA) is 112 Å². The van der Waals surface area contributed by atoms with Gasteiger partial charge in [-0.3, -0.25) is 15.4 Å². The maximum absolute atomic E-state index is 13.1. The van der Waals surface area contributed by atoms with Gasteiger partial charge in [0.15, 0.2) is 5.17 Å². The predicted molar refractivity (Wildman–Crippen MR) is 110 cm³/mol. The van der Waals surface area contributed by atoms with Gasteiger partial charge in [0.2, 0.25) is 0 Å². The van der Waals surface area contributed by atoms with Crippen LogP contribution in [0.4, 0.5) is 23.7 Å². The molecule has 2 aliphatic rings. The van der Waals surface area contributed by atoms with Gasteiger partial charge >= 0.3 is 12.5 Å². The third kappa shape index (κ3) is 5.63. The summed E-state index contributed by atoms with van der Waals surface area (Å²) in [4.78, 5) is 27.4. The molecule has 1 aromatic carbocycles. The van der Waals surface area contributed by atoms with Crippen LogP contribution in [0.3, 0.4) is 0 Å². The molecule has 0 saturated carbocycles. The summed E-state index contributed by atoms with van der Waals surface area (Å²) in [5, 5.41) is 14.0. The van der Waals surface area contributed by atoms with Gasteiger partial charge < -0.3 is 14.2 Å². The van der Waals surface area contributed by atoms with E-state index in [-0.39, 0.29) is 23.3 Å².